The van der Waals surface area contributed by atoms with E-state index in [1.54, 1.807) is 17.0 Å². The Bertz CT molecular complexity index is 912. The van der Waals surface area contributed by atoms with Gasteiger partial charge in [0.1, 0.15) is 5.75 Å². The topological polar surface area (TPSA) is 58.6 Å². The van der Waals surface area contributed by atoms with E-state index in [-0.39, 0.29) is 28.3 Å². The van der Waals surface area contributed by atoms with Gasteiger partial charge in [0.2, 0.25) is 0 Å². The molecule has 0 unspecified atom stereocenters. The Balaban J connectivity index is 1.72. The molecule has 148 valence electrons. The number of carbonyl (C=O) groups excluding carboxylic acids is 2. The largest absolute Gasteiger partial charge is 0.482 e. The lowest BCUT2D eigenvalue weighted by molar-refractivity contribution is -0.118. The summed E-state index contributed by atoms with van der Waals surface area (Å²) in [5.41, 5.74) is 1.77. The van der Waals surface area contributed by atoms with Gasteiger partial charge in [0.25, 0.3) is 11.8 Å². The Kier molecular flexibility index (Phi) is 6.70. The van der Waals surface area contributed by atoms with Crippen LogP contribution in [0.5, 0.6) is 5.75 Å². The molecule has 2 aromatic carbocycles. The number of nitrogens with one attached hydrogen (secondary N) is 1. The van der Waals surface area contributed by atoms with Gasteiger partial charge in [-0.25, -0.2) is 0 Å². The number of hydrogen-bond acceptors (Lipinski definition) is 3. The lowest BCUT2D eigenvalue weighted by atomic mass is 10.1. The van der Waals surface area contributed by atoms with Crippen molar-refractivity contribution in [2.75, 3.05) is 25.0 Å². The Morgan fingerprint density at radius 1 is 1.07 bits per heavy atom. The van der Waals surface area contributed by atoms with Crippen molar-refractivity contribution in [1.29, 1.82) is 0 Å². The molecular formula is C20H19Cl3N2O3. The van der Waals surface area contributed by atoms with Gasteiger partial charge in [0, 0.05) is 19.2 Å². The highest BCUT2D eigenvalue weighted by molar-refractivity contribution is 6.43. The lowest BCUT2D eigenvalue weighted by Crippen LogP contribution is -2.29. The maximum absolute atomic E-state index is 12.8. The van der Waals surface area contributed by atoms with Crippen molar-refractivity contribution in [3.05, 3.63) is 56.5 Å². The van der Waals surface area contributed by atoms with Crippen LogP contribution in [-0.4, -0.2) is 36.4 Å². The number of anilines is 1. The summed E-state index contributed by atoms with van der Waals surface area (Å²) in [6, 6.07) is 8.27. The molecule has 0 radical (unpaired) electrons. The van der Waals surface area contributed by atoms with Gasteiger partial charge in [-0.15, -0.1) is 0 Å². The van der Waals surface area contributed by atoms with Crippen molar-refractivity contribution in [3.8, 4) is 5.75 Å². The molecular weight excluding hydrogens is 423 g/mol. The first-order valence-corrected chi connectivity index (χ1v) is 9.96. The van der Waals surface area contributed by atoms with Crippen LogP contribution >= 0.6 is 34.8 Å². The predicted octanol–water partition coefficient (Wildman–Crippen LogP) is 5.21. The molecule has 0 saturated carbocycles. The summed E-state index contributed by atoms with van der Waals surface area (Å²) in [5, 5.41) is 3.61. The molecule has 1 aliphatic heterocycles. The second kappa shape index (κ2) is 9.03. The molecule has 0 aromatic heterocycles. The van der Waals surface area contributed by atoms with Gasteiger partial charge < -0.3 is 15.0 Å². The van der Waals surface area contributed by atoms with Crippen LogP contribution in [-0.2, 0) is 4.79 Å². The first-order valence-electron chi connectivity index (χ1n) is 8.83. The van der Waals surface area contributed by atoms with Gasteiger partial charge >= 0.3 is 0 Å². The minimum absolute atomic E-state index is 0.0788. The van der Waals surface area contributed by atoms with Crippen molar-refractivity contribution in [1.82, 2.24) is 4.90 Å². The highest BCUT2D eigenvalue weighted by Gasteiger charge is 2.23. The Morgan fingerprint density at radius 3 is 2.46 bits per heavy atom. The SMILES string of the molecule is Cc1cccc(C(=O)N2CCCC2)c1NC(=O)COc1cc(Cl)c(Cl)cc1Cl. The molecule has 0 atom stereocenters. The van der Waals surface area contributed by atoms with Crippen molar-refractivity contribution in [2.45, 2.75) is 19.8 Å². The lowest BCUT2D eigenvalue weighted by Gasteiger charge is -2.19. The van der Waals surface area contributed by atoms with Gasteiger partial charge in [-0.05, 0) is 37.5 Å². The Hall–Kier alpha value is -1.95. The van der Waals surface area contributed by atoms with Crippen LogP contribution in [0.25, 0.3) is 0 Å². The molecule has 0 spiro atoms. The van der Waals surface area contributed by atoms with Crippen molar-refractivity contribution in [2.24, 2.45) is 0 Å². The van der Waals surface area contributed by atoms with Crippen LogP contribution in [0.2, 0.25) is 15.1 Å². The summed E-state index contributed by atoms with van der Waals surface area (Å²) in [6.45, 7) is 3.02. The van der Waals surface area contributed by atoms with Crippen LogP contribution in [0.3, 0.4) is 0 Å². The fourth-order valence-electron chi connectivity index (χ4n) is 3.04. The van der Waals surface area contributed by atoms with Crippen molar-refractivity contribution < 1.29 is 14.3 Å². The number of para-hydroxylation sites is 1. The van der Waals surface area contributed by atoms with Crippen LogP contribution in [0.4, 0.5) is 5.69 Å². The molecule has 1 fully saturated rings. The van der Waals surface area contributed by atoms with E-state index in [1.165, 1.54) is 12.1 Å². The average Bonchev–Trinajstić information content (AvgIpc) is 3.19. The van der Waals surface area contributed by atoms with E-state index in [0.717, 1.165) is 31.5 Å². The number of hydrogen-bond donors (Lipinski definition) is 1. The molecule has 1 heterocycles. The van der Waals surface area contributed by atoms with E-state index in [0.29, 0.717) is 16.3 Å². The van der Waals surface area contributed by atoms with E-state index in [2.05, 4.69) is 5.32 Å². The van der Waals surface area contributed by atoms with Gasteiger partial charge in [-0.2, -0.15) is 0 Å². The first kappa shape index (κ1) is 20.8. The van der Waals surface area contributed by atoms with Crippen molar-refractivity contribution >= 4 is 52.3 Å². The number of nitrogens with zero attached hydrogens (tertiary/aromatic N) is 1. The molecule has 2 aromatic rings. The molecule has 2 amide bonds. The summed E-state index contributed by atoms with van der Waals surface area (Å²) in [6.07, 6.45) is 2.00. The molecule has 28 heavy (non-hydrogen) atoms. The molecule has 0 aliphatic carbocycles. The number of rotatable bonds is 5. The molecule has 5 nitrogen and oxygen atoms in total. The highest BCUT2D eigenvalue weighted by Crippen LogP contribution is 2.34. The number of amides is 2. The van der Waals surface area contributed by atoms with E-state index in [4.69, 9.17) is 39.5 Å². The summed E-state index contributed by atoms with van der Waals surface area (Å²) < 4.78 is 5.46. The Labute approximate surface area is 178 Å². The quantitative estimate of drug-likeness (QED) is 0.648. The van der Waals surface area contributed by atoms with Crippen LogP contribution in [0, 0.1) is 6.92 Å². The van der Waals surface area contributed by atoms with E-state index < -0.39 is 5.91 Å². The number of halogens is 3. The van der Waals surface area contributed by atoms with Gasteiger partial charge in [0.05, 0.1) is 26.3 Å². The van der Waals surface area contributed by atoms with E-state index >= 15 is 0 Å². The normalized spacial score (nSPS) is 13.5. The van der Waals surface area contributed by atoms with E-state index in [9.17, 15) is 9.59 Å². The van der Waals surface area contributed by atoms with Gasteiger partial charge in [0.15, 0.2) is 6.61 Å². The minimum Gasteiger partial charge on any atom is -0.482 e. The second-order valence-electron chi connectivity index (χ2n) is 6.53. The van der Waals surface area contributed by atoms with Gasteiger partial charge in [-0.3, -0.25) is 9.59 Å². The summed E-state index contributed by atoms with van der Waals surface area (Å²) in [7, 11) is 0. The smallest absolute Gasteiger partial charge is 0.262 e. The maximum atomic E-state index is 12.8. The van der Waals surface area contributed by atoms with Crippen LogP contribution in [0.15, 0.2) is 30.3 Å². The average molecular weight is 442 g/mol. The molecule has 0 bridgehead atoms. The zero-order valence-electron chi connectivity index (χ0n) is 15.2. The third-order valence-corrected chi connectivity index (χ3v) is 5.51. The maximum Gasteiger partial charge on any atom is 0.262 e. The highest BCUT2D eigenvalue weighted by atomic mass is 35.5. The second-order valence-corrected chi connectivity index (χ2v) is 7.75. The minimum atomic E-state index is -0.410. The number of carbonyl (C=O) groups is 2. The van der Waals surface area contributed by atoms with Crippen LogP contribution < -0.4 is 10.1 Å². The molecule has 8 heteroatoms. The third kappa shape index (κ3) is 4.72. The Morgan fingerprint density at radius 2 is 1.75 bits per heavy atom. The first-order chi connectivity index (χ1) is 13.4. The zero-order chi connectivity index (χ0) is 20.3. The van der Waals surface area contributed by atoms with Crippen molar-refractivity contribution in [3.63, 3.8) is 0 Å². The van der Waals surface area contributed by atoms with Gasteiger partial charge in [-0.1, -0.05) is 46.9 Å². The third-order valence-electron chi connectivity index (χ3n) is 4.49. The molecule has 1 aliphatic rings. The molecule has 1 saturated heterocycles. The number of ether oxygens (including phenoxy) is 1. The predicted molar refractivity (Wildman–Crippen MR) is 112 cm³/mol. The molecule has 3 rings (SSSR count). The number of likely N-dealkylation sites (tertiary alicyclic amines) is 1. The number of aryl methyl sites for hydroxylation is 1. The van der Waals surface area contributed by atoms with E-state index in [1.807, 2.05) is 13.0 Å². The number of benzene rings is 2. The summed E-state index contributed by atoms with van der Waals surface area (Å²) in [4.78, 5) is 27.0. The fourth-order valence-corrected chi connectivity index (χ4v) is 3.63. The zero-order valence-corrected chi connectivity index (χ0v) is 17.5. The summed E-state index contributed by atoms with van der Waals surface area (Å²) in [5.74, 6) is -0.235. The van der Waals surface area contributed by atoms with Crippen LogP contribution in [0.1, 0.15) is 28.8 Å². The fraction of sp³-hybridized carbons (Fsp3) is 0.300. The summed E-state index contributed by atoms with van der Waals surface area (Å²) >= 11 is 17.9. The standard InChI is InChI=1S/C20H19Cl3N2O3/c1-12-5-4-6-13(20(27)25-7-2-3-8-25)19(12)24-18(26)11-28-17-10-15(22)14(21)9-16(17)23/h4-6,9-10H,2-3,7-8,11H2,1H3,(H,24,26). The molecule has 1 N–H and O–H groups in total. The monoisotopic (exact) mass is 440 g/mol.